The normalized spacial score (nSPS) is 15.7. The molecule has 4 nitrogen and oxygen atoms in total. The Morgan fingerprint density at radius 2 is 2.00 bits per heavy atom. The zero-order valence-electron chi connectivity index (χ0n) is 15.6. The molecule has 2 heterocycles. The minimum absolute atomic E-state index is 0.0514. The summed E-state index contributed by atoms with van der Waals surface area (Å²) in [7, 11) is 1.61. The second-order valence-corrected chi connectivity index (χ2v) is 7.42. The van der Waals surface area contributed by atoms with Crippen LogP contribution in [-0.2, 0) is 4.79 Å². The summed E-state index contributed by atoms with van der Waals surface area (Å²) in [4.78, 5) is 13.6. The zero-order valence-corrected chi connectivity index (χ0v) is 16.4. The molecule has 0 saturated heterocycles. The molecule has 1 N–H and O–H groups in total. The van der Waals surface area contributed by atoms with E-state index in [0.717, 1.165) is 27.3 Å². The molecular weight excluding hydrogens is 377 g/mol. The van der Waals surface area contributed by atoms with Crippen molar-refractivity contribution in [2.24, 2.45) is 0 Å². The number of hydrogen-bond donors (Lipinski definition) is 1. The maximum atomic E-state index is 13.3. The summed E-state index contributed by atoms with van der Waals surface area (Å²) >= 11 is 1.59. The Balaban J connectivity index is 1.83. The van der Waals surface area contributed by atoms with Crippen LogP contribution in [-0.4, -0.2) is 19.6 Å². The highest BCUT2D eigenvalue weighted by atomic mass is 32.1. The summed E-state index contributed by atoms with van der Waals surface area (Å²) < 4.78 is 24.7. The Kier molecular flexibility index (Phi) is 5.05. The van der Waals surface area contributed by atoms with Crippen LogP contribution in [0.4, 0.5) is 10.1 Å². The van der Waals surface area contributed by atoms with Crippen molar-refractivity contribution in [2.75, 3.05) is 19.0 Å². The first kappa shape index (κ1) is 18.5. The minimum Gasteiger partial charge on any atom is -0.493 e. The van der Waals surface area contributed by atoms with Crippen LogP contribution in [0.2, 0.25) is 0 Å². The number of nitrogens with one attached hydrogen (secondary N) is 1. The third kappa shape index (κ3) is 3.24. The average Bonchev–Trinajstić information content (AvgIpc) is 3.12. The molecule has 1 amide bonds. The minimum atomic E-state index is -0.285. The standard InChI is InChI=1S/C22H20FNO3S/c1-3-27-21-15(5-4-6-18(21)26-2)16-11-19(25)24-20-17(12-28-22(16)20)13-7-9-14(23)10-8-13/h4-10,12,16H,3,11H2,1-2H3,(H,24,25)/t16-/m0/s1. The summed E-state index contributed by atoms with van der Waals surface area (Å²) in [5, 5.41) is 5.02. The van der Waals surface area contributed by atoms with E-state index in [1.165, 1.54) is 12.1 Å². The Morgan fingerprint density at radius 1 is 1.21 bits per heavy atom. The number of anilines is 1. The summed E-state index contributed by atoms with van der Waals surface area (Å²) in [6.07, 6.45) is 0.337. The molecule has 0 fully saturated rings. The van der Waals surface area contributed by atoms with Crippen molar-refractivity contribution in [2.45, 2.75) is 19.3 Å². The van der Waals surface area contributed by atoms with Gasteiger partial charge in [0.15, 0.2) is 11.5 Å². The molecule has 1 aromatic heterocycles. The van der Waals surface area contributed by atoms with Gasteiger partial charge < -0.3 is 14.8 Å². The number of para-hydroxylation sites is 1. The van der Waals surface area contributed by atoms with Gasteiger partial charge in [0, 0.05) is 33.7 Å². The van der Waals surface area contributed by atoms with Gasteiger partial charge in [-0.05, 0) is 30.7 Å². The van der Waals surface area contributed by atoms with Gasteiger partial charge in [-0.1, -0.05) is 24.3 Å². The lowest BCUT2D eigenvalue weighted by atomic mass is 9.88. The lowest BCUT2D eigenvalue weighted by Crippen LogP contribution is -2.23. The van der Waals surface area contributed by atoms with E-state index in [-0.39, 0.29) is 17.6 Å². The van der Waals surface area contributed by atoms with Crippen molar-refractivity contribution >= 4 is 22.9 Å². The van der Waals surface area contributed by atoms with Crippen LogP contribution in [0.1, 0.15) is 29.7 Å². The number of methoxy groups -OCH3 is 1. The third-order valence-corrected chi connectivity index (χ3v) is 5.93. The summed E-state index contributed by atoms with van der Waals surface area (Å²) in [5.41, 5.74) is 3.50. The fourth-order valence-electron chi connectivity index (χ4n) is 3.59. The highest BCUT2D eigenvalue weighted by Gasteiger charge is 2.33. The van der Waals surface area contributed by atoms with Gasteiger partial charge in [0.05, 0.1) is 19.4 Å². The van der Waals surface area contributed by atoms with Gasteiger partial charge in [-0.2, -0.15) is 0 Å². The Bertz CT molecular complexity index is 1010. The lowest BCUT2D eigenvalue weighted by molar-refractivity contribution is -0.116. The summed E-state index contributed by atoms with van der Waals surface area (Å²) in [5.74, 6) is 0.869. The van der Waals surface area contributed by atoms with Gasteiger partial charge in [-0.3, -0.25) is 4.79 Å². The predicted molar refractivity (Wildman–Crippen MR) is 109 cm³/mol. The zero-order chi connectivity index (χ0) is 19.7. The van der Waals surface area contributed by atoms with E-state index in [1.807, 2.05) is 30.5 Å². The second-order valence-electron chi connectivity index (χ2n) is 6.51. The highest BCUT2D eigenvalue weighted by molar-refractivity contribution is 7.11. The number of rotatable bonds is 5. The maximum absolute atomic E-state index is 13.3. The van der Waals surface area contributed by atoms with Gasteiger partial charge in [0.1, 0.15) is 5.82 Å². The fraction of sp³-hybridized carbons (Fsp3) is 0.227. The molecule has 3 aromatic rings. The molecule has 1 aliphatic heterocycles. The topological polar surface area (TPSA) is 47.6 Å². The van der Waals surface area contributed by atoms with E-state index < -0.39 is 0 Å². The molecule has 0 spiro atoms. The van der Waals surface area contributed by atoms with E-state index in [0.29, 0.717) is 24.5 Å². The van der Waals surface area contributed by atoms with Crippen molar-refractivity contribution in [3.05, 3.63) is 64.1 Å². The van der Waals surface area contributed by atoms with Gasteiger partial charge >= 0.3 is 0 Å². The van der Waals surface area contributed by atoms with Crippen LogP contribution < -0.4 is 14.8 Å². The van der Waals surface area contributed by atoms with Crippen LogP contribution >= 0.6 is 11.3 Å². The molecule has 0 bridgehead atoms. The van der Waals surface area contributed by atoms with Gasteiger partial charge in [-0.25, -0.2) is 4.39 Å². The largest absolute Gasteiger partial charge is 0.493 e. The average molecular weight is 397 g/mol. The van der Waals surface area contributed by atoms with Crippen LogP contribution in [0.3, 0.4) is 0 Å². The number of fused-ring (bicyclic) bond motifs is 1. The first-order valence-corrected chi connectivity index (χ1v) is 9.97. The molecule has 0 radical (unpaired) electrons. The Morgan fingerprint density at radius 3 is 2.71 bits per heavy atom. The van der Waals surface area contributed by atoms with Crippen molar-refractivity contribution in [3.63, 3.8) is 0 Å². The number of hydrogen-bond acceptors (Lipinski definition) is 4. The fourth-order valence-corrected chi connectivity index (χ4v) is 4.74. The maximum Gasteiger partial charge on any atom is 0.225 e. The smallest absolute Gasteiger partial charge is 0.225 e. The number of halogens is 1. The van der Waals surface area contributed by atoms with E-state index in [2.05, 4.69) is 5.32 Å². The van der Waals surface area contributed by atoms with Gasteiger partial charge in [0.2, 0.25) is 5.91 Å². The molecule has 6 heteroatoms. The number of ether oxygens (including phenoxy) is 2. The number of carbonyl (C=O) groups is 1. The molecule has 1 aliphatic rings. The van der Waals surface area contributed by atoms with Crippen LogP contribution in [0.25, 0.3) is 11.1 Å². The van der Waals surface area contributed by atoms with E-state index in [1.54, 1.807) is 30.6 Å². The van der Waals surface area contributed by atoms with Crippen molar-refractivity contribution in [1.82, 2.24) is 0 Å². The van der Waals surface area contributed by atoms with Crippen molar-refractivity contribution in [3.8, 4) is 22.6 Å². The monoisotopic (exact) mass is 397 g/mol. The molecule has 2 aromatic carbocycles. The molecule has 1 atom stereocenters. The third-order valence-electron chi connectivity index (χ3n) is 4.84. The Hall–Kier alpha value is -2.86. The predicted octanol–water partition coefficient (Wildman–Crippen LogP) is 5.44. The van der Waals surface area contributed by atoms with Crippen LogP contribution in [0.15, 0.2) is 47.8 Å². The molecule has 28 heavy (non-hydrogen) atoms. The quantitative estimate of drug-likeness (QED) is 0.624. The molecular formula is C22H20FNO3S. The Labute approximate surface area is 166 Å². The highest BCUT2D eigenvalue weighted by Crippen LogP contribution is 2.49. The SMILES string of the molecule is CCOc1c(OC)cccc1[C@@H]1CC(=O)Nc2c(-c3ccc(F)cc3)csc21. The number of amides is 1. The van der Waals surface area contributed by atoms with Crippen LogP contribution in [0.5, 0.6) is 11.5 Å². The number of carbonyl (C=O) groups excluding carboxylic acids is 1. The van der Waals surface area contributed by atoms with Gasteiger partial charge in [-0.15, -0.1) is 11.3 Å². The first-order chi connectivity index (χ1) is 13.6. The van der Waals surface area contributed by atoms with Crippen molar-refractivity contribution < 1.29 is 18.7 Å². The second kappa shape index (κ2) is 7.64. The summed E-state index contributed by atoms with van der Waals surface area (Å²) in [6, 6.07) is 12.1. The molecule has 0 unspecified atom stereocenters. The number of benzene rings is 2. The van der Waals surface area contributed by atoms with Crippen LogP contribution in [0, 0.1) is 5.82 Å². The van der Waals surface area contributed by atoms with E-state index in [9.17, 15) is 9.18 Å². The molecule has 0 aliphatic carbocycles. The van der Waals surface area contributed by atoms with Crippen molar-refractivity contribution in [1.29, 1.82) is 0 Å². The van der Waals surface area contributed by atoms with Gasteiger partial charge in [0.25, 0.3) is 0 Å². The molecule has 144 valence electrons. The van der Waals surface area contributed by atoms with E-state index in [4.69, 9.17) is 9.47 Å². The molecule has 0 saturated carbocycles. The number of thiophene rings is 1. The summed E-state index contributed by atoms with van der Waals surface area (Å²) in [6.45, 7) is 2.43. The van der Waals surface area contributed by atoms with E-state index >= 15 is 0 Å². The molecule has 4 rings (SSSR count). The lowest BCUT2D eigenvalue weighted by Gasteiger charge is -2.26. The first-order valence-electron chi connectivity index (χ1n) is 9.09.